The van der Waals surface area contributed by atoms with Crippen molar-refractivity contribution in [2.75, 3.05) is 18.4 Å². The maximum absolute atomic E-state index is 12.4. The lowest BCUT2D eigenvalue weighted by molar-refractivity contribution is -0.128. The number of carbonyl (C=O) groups is 2. The van der Waals surface area contributed by atoms with Crippen LogP contribution < -0.4 is 5.32 Å². The van der Waals surface area contributed by atoms with E-state index in [0.29, 0.717) is 18.9 Å². The standard InChI is InChI=1S/C19H28N2O2/c1-4-5-6-11-21-13-16(12-18(21)22)19(23)20-17-9-7-15(8-10-17)14(2)3/h7-10,14,16H,4-6,11-13H2,1-3H3,(H,20,23). The molecule has 0 radical (unpaired) electrons. The van der Waals surface area contributed by atoms with Crippen molar-refractivity contribution in [2.24, 2.45) is 5.92 Å². The average molecular weight is 316 g/mol. The van der Waals surface area contributed by atoms with E-state index in [4.69, 9.17) is 0 Å². The molecule has 1 unspecified atom stereocenters. The van der Waals surface area contributed by atoms with Gasteiger partial charge in [-0.05, 0) is 30.0 Å². The van der Waals surface area contributed by atoms with Gasteiger partial charge in [-0.1, -0.05) is 45.7 Å². The molecule has 1 saturated heterocycles. The van der Waals surface area contributed by atoms with Gasteiger partial charge in [0.05, 0.1) is 5.92 Å². The minimum Gasteiger partial charge on any atom is -0.342 e. The molecule has 4 heteroatoms. The lowest BCUT2D eigenvalue weighted by Gasteiger charge is -2.16. The normalized spacial score (nSPS) is 17.8. The van der Waals surface area contributed by atoms with Gasteiger partial charge in [0.25, 0.3) is 0 Å². The summed E-state index contributed by atoms with van der Waals surface area (Å²) in [6.07, 6.45) is 3.62. The first kappa shape index (κ1) is 17.5. The first-order valence-corrected chi connectivity index (χ1v) is 8.69. The number of hydrogen-bond donors (Lipinski definition) is 1. The van der Waals surface area contributed by atoms with Crippen LogP contribution in [0.15, 0.2) is 24.3 Å². The molecule has 1 atom stereocenters. The van der Waals surface area contributed by atoms with Crippen molar-refractivity contribution < 1.29 is 9.59 Å². The summed E-state index contributed by atoms with van der Waals surface area (Å²) >= 11 is 0. The number of anilines is 1. The summed E-state index contributed by atoms with van der Waals surface area (Å²) in [4.78, 5) is 26.2. The molecular formula is C19H28N2O2. The van der Waals surface area contributed by atoms with Crippen LogP contribution in [0.25, 0.3) is 0 Å². The van der Waals surface area contributed by atoms with Gasteiger partial charge in [-0.25, -0.2) is 0 Å². The molecular weight excluding hydrogens is 288 g/mol. The number of benzene rings is 1. The largest absolute Gasteiger partial charge is 0.342 e. The first-order valence-electron chi connectivity index (χ1n) is 8.69. The highest BCUT2D eigenvalue weighted by molar-refractivity contribution is 5.97. The molecule has 1 aliphatic heterocycles. The second kappa shape index (κ2) is 8.14. The van der Waals surface area contributed by atoms with Crippen LogP contribution >= 0.6 is 0 Å². The SMILES string of the molecule is CCCCCN1CC(C(=O)Nc2ccc(C(C)C)cc2)CC1=O. The second-order valence-corrected chi connectivity index (χ2v) is 6.71. The number of unbranched alkanes of at least 4 members (excludes halogenated alkanes) is 2. The maximum Gasteiger partial charge on any atom is 0.229 e. The van der Waals surface area contributed by atoms with Crippen molar-refractivity contribution in [3.8, 4) is 0 Å². The zero-order chi connectivity index (χ0) is 16.8. The Morgan fingerprint density at radius 3 is 2.57 bits per heavy atom. The van der Waals surface area contributed by atoms with Gasteiger partial charge >= 0.3 is 0 Å². The monoisotopic (exact) mass is 316 g/mol. The van der Waals surface area contributed by atoms with E-state index in [1.54, 1.807) is 0 Å². The Morgan fingerprint density at radius 1 is 1.26 bits per heavy atom. The van der Waals surface area contributed by atoms with Crippen LogP contribution in [0.2, 0.25) is 0 Å². The third kappa shape index (κ3) is 4.81. The van der Waals surface area contributed by atoms with E-state index in [1.165, 1.54) is 5.56 Å². The Hall–Kier alpha value is -1.84. The lowest BCUT2D eigenvalue weighted by atomic mass is 10.0. The summed E-state index contributed by atoms with van der Waals surface area (Å²) in [5.41, 5.74) is 2.05. The van der Waals surface area contributed by atoms with Gasteiger partial charge in [0.1, 0.15) is 0 Å². The third-order valence-corrected chi connectivity index (χ3v) is 4.46. The fourth-order valence-corrected chi connectivity index (χ4v) is 2.91. The van der Waals surface area contributed by atoms with Crippen LogP contribution in [0.1, 0.15) is 57.9 Å². The molecule has 4 nitrogen and oxygen atoms in total. The summed E-state index contributed by atoms with van der Waals surface area (Å²) < 4.78 is 0. The fourth-order valence-electron chi connectivity index (χ4n) is 2.91. The van der Waals surface area contributed by atoms with E-state index in [0.717, 1.165) is 31.5 Å². The molecule has 2 amide bonds. The van der Waals surface area contributed by atoms with Crippen LogP contribution in [0.4, 0.5) is 5.69 Å². The van der Waals surface area contributed by atoms with Gasteiger partial charge in [-0.2, -0.15) is 0 Å². The van der Waals surface area contributed by atoms with Crippen LogP contribution in [-0.2, 0) is 9.59 Å². The quantitative estimate of drug-likeness (QED) is 0.778. The van der Waals surface area contributed by atoms with E-state index in [1.807, 2.05) is 29.2 Å². The molecule has 23 heavy (non-hydrogen) atoms. The molecule has 1 N–H and O–H groups in total. The van der Waals surface area contributed by atoms with Crippen molar-refractivity contribution in [1.82, 2.24) is 4.90 Å². The number of likely N-dealkylation sites (tertiary alicyclic amines) is 1. The zero-order valence-corrected chi connectivity index (χ0v) is 14.5. The summed E-state index contributed by atoms with van der Waals surface area (Å²) in [7, 11) is 0. The van der Waals surface area contributed by atoms with Gasteiger partial charge in [-0.15, -0.1) is 0 Å². The molecule has 1 aromatic carbocycles. The summed E-state index contributed by atoms with van der Waals surface area (Å²) in [6.45, 7) is 7.76. The molecule has 1 aromatic rings. The topological polar surface area (TPSA) is 49.4 Å². The van der Waals surface area contributed by atoms with Gasteiger partial charge in [0.15, 0.2) is 0 Å². The molecule has 0 spiro atoms. The van der Waals surface area contributed by atoms with Gasteiger partial charge in [0.2, 0.25) is 11.8 Å². The van der Waals surface area contributed by atoms with E-state index in [9.17, 15) is 9.59 Å². The van der Waals surface area contributed by atoms with Crippen molar-refractivity contribution in [3.05, 3.63) is 29.8 Å². The van der Waals surface area contributed by atoms with E-state index in [-0.39, 0.29) is 17.7 Å². The fraction of sp³-hybridized carbons (Fsp3) is 0.579. The van der Waals surface area contributed by atoms with Crippen LogP contribution in [0, 0.1) is 5.92 Å². The van der Waals surface area contributed by atoms with E-state index < -0.39 is 0 Å². The predicted octanol–water partition coefficient (Wildman–Crippen LogP) is 3.79. The number of carbonyl (C=O) groups excluding carboxylic acids is 2. The number of rotatable bonds is 7. The van der Waals surface area contributed by atoms with Gasteiger partial charge in [0, 0.05) is 25.2 Å². The minimum absolute atomic E-state index is 0.0476. The summed E-state index contributed by atoms with van der Waals surface area (Å²) in [5, 5.41) is 2.94. The molecule has 126 valence electrons. The van der Waals surface area contributed by atoms with E-state index in [2.05, 4.69) is 26.1 Å². The van der Waals surface area contributed by atoms with Crippen molar-refractivity contribution in [2.45, 2.75) is 52.4 Å². The Bertz CT molecular complexity index is 537. The van der Waals surface area contributed by atoms with Crippen molar-refractivity contribution >= 4 is 17.5 Å². The Labute approximate surface area is 139 Å². The Balaban J connectivity index is 1.87. The highest BCUT2D eigenvalue weighted by Crippen LogP contribution is 2.22. The van der Waals surface area contributed by atoms with Crippen molar-refractivity contribution in [3.63, 3.8) is 0 Å². The van der Waals surface area contributed by atoms with Gasteiger partial charge < -0.3 is 10.2 Å². The third-order valence-electron chi connectivity index (χ3n) is 4.46. The molecule has 1 fully saturated rings. The summed E-state index contributed by atoms with van der Waals surface area (Å²) in [6, 6.07) is 7.94. The molecule has 0 aromatic heterocycles. The highest BCUT2D eigenvalue weighted by Gasteiger charge is 2.33. The number of amides is 2. The zero-order valence-electron chi connectivity index (χ0n) is 14.5. The van der Waals surface area contributed by atoms with Crippen LogP contribution in [-0.4, -0.2) is 29.8 Å². The van der Waals surface area contributed by atoms with Gasteiger partial charge in [-0.3, -0.25) is 9.59 Å². The molecule has 0 aliphatic carbocycles. The predicted molar refractivity (Wildman–Crippen MR) is 93.4 cm³/mol. The molecule has 0 saturated carbocycles. The minimum atomic E-state index is -0.228. The van der Waals surface area contributed by atoms with E-state index >= 15 is 0 Å². The Morgan fingerprint density at radius 2 is 1.96 bits per heavy atom. The maximum atomic E-state index is 12.4. The highest BCUT2D eigenvalue weighted by atomic mass is 16.2. The van der Waals surface area contributed by atoms with Crippen LogP contribution in [0.5, 0.6) is 0 Å². The van der Waals surface area contributed by atoms with Crippen molar-refractivity contribution in [1.29, 1.82) is 0 Å². The average Bonchev–Trinajstić information content (AvgIpc) is 2.89. The number of nitrogens with zero attached hydrogens (tertiary/aromatic N) is 1. The van der Waals surface area contributed by atoms with Crippen LogP contribution in [0.3, 0.4) is 0 Å². The smallest absolute Gasteiger partial charge is 0.229 e. The summed E-state index contributed by atoms with van der Waals surface area (Å²) in [5.74, 6) is 0.308. The lowest BCUT2D eigenvalue weighted by Crippen LogP contribution is -2.29. The Kier molecular flexibility index (Phi) is 6.20. The molecule has 1 heterocycles. The first-order chi connectivity index (χ1) is 11.0. The molecule has 1 aliphatic rings. The number of nitrogens with one attached hydrogen (secondary N) is 1. The number of hydrogen-bond acceptors (Lipinski definition) is 2. The second-order valence-electron chi connectivity index (χ2n) is 6.71. The molecule has 0 bridgehead atoms. The molecule has 2 rings (SSSR count).